The molecule has 0 bridgehead atoms. The van der Waals surface area contributed by atoms with Gasteiger partial charge in [0.25, 0.3) is 0 Å². The van der Waals surface area contributed by atoms with Crippen molar-refractivity contribution in [2.45, 2.75) is 70.5 Å². The maximum absolute atomic E-state index is 10.6. The molecule has 2 aromatic rings. The second-order valence-electron chi connectivity index (χ2n) is 8.66. The Bertz CT molecular complexity index is 767. The molecule has 0 amide bonds. The van der Waals surface area contributed by atoms with Gasteiger partial charge in [0.1, 0.15) is 6.10 Å². The molecular formula is C27H37NO3. The maximum atomic E-state index is 10.6. The number of nitrogens with zero attached hydrogens (tertiary/aromatic N) is 1. The zero-order chi connectivity index (χ0) is 21.9. The number of benzene rings is 2. The summed E-state index contributed by atoms with van der Waals surface area (Å²) in [7, 11) is 0. The number of ether oxygens (including phenoxy) is 1. The molecule has 1 fully saturated rings. The van der Waals surface area contributed by atoms with E-state index in [1.807, 2.05) is 0 Å². The first-order chi connectivity index (χ1) is 15.2. The Morgan fingerprint density at radius 2 is 1.68 bits per heavy atom. The molecule has 0 spiro atoms. The van der Waals surface area contributed by atoms with Crippen molar-refractivity contribution in [3.8, 4) is 0 Å². The lowest BCUT2D eigenvalue weighted by Crippen LogP contribution is -2.38. The average Bonchev–Trinajstić information content (AvgIpc) is 2.79. The number of piperidine rings is 1. The summed E-state index contributed by atoms with van der Waals surface area (Å²) >= 11 is 0. The molecule has 1 atom stereocenters. The first kappa shape index (κ1) is 23.5. The minimum atomic E-state index is -0.689. The first-order valence-electron chi connectivity index (χ1n) is 11.9. The van der Waals surface area contributed by atoms with Gasteiger partial charge in [-0.1, -0.05) is 74.4 Å². The number of unbranched alkanes of at least 4 members (excludes halogenated alkanes) is 2. The maximum Gasteiger partial charge on any atom is 0.303 e. The van der Waals surface area contributed by atoms with Crippen LogP contribution in [0.3, 0.4) is 0 Å². The Morgan fingerprint density at radius 3 is 2.32 bits per heavy atom. The Balaban J connectivity index is 1.53. The van der Waals surface area contributed by atoms with Crippen molar-refractivity contribution < 1.29 is 14.6 Å². The van der Waals surface area contributed by atoms with Crippen LogP contribution in [-0.2, 0) is 16.0 Å². The van der Waals surface area contributed by atoms with Crippen molar-refractivity contribution in [3.05, 3.63) is 71.3 Å². The fourth-order valence-corrected chi connectivity index (χ4v) is 4.38. The van der Waals surface area contributed by atoms with Crippen molar-refractivity contribution in [3.63, 3.8) is 0 Å². The van der Waals surface area contributed by atoms with Gasteiger partial charge in [-0.3, -0.25) is 4.79 Å². The number of likely N-dealkylation sites (tertiary alicyclic amines) is 1. The van der Waals surface area contributed by atoms with E-state index in [9.17, 15) is 4.79 Å². The summed E-state index contributed by atoms with van der Waals surface area (Å²) in [6, 6.07) is 19.5. The number of aryl methyl sites for hydroxylation is 1. The quantitative estimate of drug-likeness (QED) is 0.435. The number of rotatable bonds is 12. The highest BCUT2D eigenvalue weighted by atomic mass is 16.5. The van der Waals surface area contributed by atoms with Crippen LogP contribution in [0.5, 0.6) is 0 Å². The summed E-state index contributed by atoms with van der Waals surface area (Å²) in [5, 5.41) is 8.74. The third kappa shape index (κ3) is 7.79. The Kier molecular flexibility index (Phi) is 9.57. The van der Waals surface area contributed by atoms with Gasteiger partial charge in [0.05, 0.1) is 6.10 Å². The molecule has 2 aromatic carbocycles. The summed E-state index contributed by atoms with van der Waals surface area (Å²) in [5.74, 6) is -0.689. The van der Waals surface area contributed by atoms with Crippen molar-refractivity contribution in [1.82, 2.24) is 4.90 Å². The van der Waals surface area contributed by atoms with Crippen LogP contribution in [0.2, 0.25) is 0 Å². The monoisotopic (exact) mass is 423 g/mol. The molecule has 4 heteroatoms. The smallest absolute Gasteiger partial charge is 0.303 e. The number of carboxylic acids is 1. The number of carboxylic acid groups (broad SMARTS) is 1. The number of aliphatic carboxylic acids is 1. The second-order valence-corrected chi connectivity index (χ2v) is 8.66. The van der Waals surface area contributed by atoms with Gasteiger partial charge in [-0.15, -0.1) is 0 Å². The summed E-state index contributed by atoms with van der Waals surface area (Å²) in [6.45, 7) is 5.39. The van der Waals surface area contributed by atoms with E-state index < -0.39 is 5.97 Å². The van der Waals surface area contributed by atoms with Gasteiger partial charge in [0.2, 0.25) is 0 Å². The third-order valence-corrected chi connectivity index (χ3v) is 6.15. The van der Waals surface area contributed by atoms with E-state index in [0.29, 0.717) is 0 Å². The van der Waals surface area contributed by atoms with Gasteiger partial charge >= 0.3 is 5.97 Å². The van der Waals surface area contributed by atoms with Crippen molar-refractivity contribution in [2.24, 2.45) is 0 Å². The van der Waals surface area contributed by atoms with Crippen LogP contribution in [0.4, 0.5) is 0 Å². The van der Waals surface area contributed by atoms with Gasteiger partial charge in [-0.05, 0) is 55.3 Å². The SMILES string of the molecule is CCCc1ccc(C(OC2CCN(CCCCCC(=O)O)CC2)c2ccccc2)cc1. The Morgan fingerprint density at radius 1 is 1.00 bits per heavy atom. The second kappa shape index (κ2) is 12.6. The zero-order valence-corrected chi connectivity index (χ0v) is 18.8. The molecule has 168 valence electrons. The topological polar surface area (TPSA) is 49.8 Å². The number of hydrogen-bond donors (Lipinski definition) is 1. The summed E-state index contributed by atoms with van der Waals surface area (Å²) in [6.07, 6.45) is 7.76. The molecule has 0 radical (unpaired) electrons. The van der Waals surface area contributed by atoms with E-state index in [0.717, 1.165) is 64.6 Å². The van der Waals surface area contributed by atoms with Crippen LogP contribution in [0, 0.1) is 0 Å². The van der Waals surface area contributed by atoms with Crippen LogP contribution in [-0.4, -0.2) is 41.7 Å². The third-order valence-electron chi connectivity index (χ3n) is 6.15. The Hall–Kier alpha value is -2.17. The lowest BCUT2D eigenvalue weighted by molar-refractivity contribution is -0.137. The Labute approximate surface area is 187 Å². The molecule has 31 heavy (non-hydrogen) atoms. The number of hydrogen-bond acceptors (Lipinski definition) is 3. The average molecular weight is 424 g/mol. The minimum Gasteiger partial charge on any atom is -0.481 e. The summed E-state index contributed by atoms with van der Waals surface area (Å²) in [5.41, 5.74) is 3.83. The lowest BCUT2D eigenvalue weighted by Gasteiger charge is -2.34. The molecule has 3 rings (SSSR count). The molecule has 1 unspecified atom stereocenters. The van der Waals surface area contributed by atoms with E-state index >= 15 is 0 Å². The molecular weight excluding hydrogens is 386 g/mol. The van der Waals surface area contributed by atoms with Crippen molar-refractivity contribution in [1.29, 1.82) is 0 Å². The van der Waals surface area contributed by atoms with Gasteiger partial charge in [-0.25, -0.2) is 0 Å². The first-order valence-corrected chi connectivity index (χ1v) is 11.9. The summed E-state index contributed by atoms with van der Waals surface area (Å²) < 4.78 is 6.69. The highest BCUT2D eigenvalue weighted by molar-refractivity contribution is 5.66. The molecule has 1 saturated heterocycles. The predicted molar refractivity (Wildman–Crippen MR) is 125 cm³/mol. The standard InChI is InChI=1S/C27H37NO3/c1-2-9-22-13-15-24(16-14-22)27(23-10-5-3-6-11-23)31-25-17-20-28(21-18-25)19-8-4-7-12-26(29)30/h3,5-6,10-11,13-16,25,27H,2,4,7-9,12,17-21H2,1H3,(H,29,30). The van der Waals surface area contributed by atoms with E-state index in [1.54, 1.807) is 0 Å². The molecule has 4 nitrogen and oxygen atoms in total. The fourth-order valence-electron chi connectivity index (χ4n) is 4.38. The van der Waals surface area contributed by atoms with Crippen molar-refractivity contribution in [2.75, 3.05) is 19.6 Å². The van der Waals surface area contributed by atoms with E-state index in [2.05, 4.69) is 66.4 Å². The van der Waals surface area contributed by atoms with Crippen molar-refractivity contribution >= 4 is 5.97 Å². The molecule has 0 saturated carbocycles. The highest BCUT2D eigenvalue weighted by Crippen LogP contribution is 2.30. The van der Waals surface area contributed by atoms with E-state index in [-0.39, 0.29) is 18.6 Å². The van der Waals surface area contributed by atoms with Crippen LogP contribution in [0.15, 0.2) is 54.6 Å². The van der Waals surface area contributed by atoms with Crippen LogP contribution >= 0.6 is 0 Å². The van der Waals surface area contributed by atoms with Gasteiger partial charge < -0.3 is 14.7 Å². The molecule has 0 aromatic heterocycles. The molecule has 0 aliphatic carbocycles. The van der Waals surface area contributed by atoms with E-state index in [1.165, 1.54) is 16.7 Å². The van der Waals surface area contributed by atoms with Gasteiger partial charge in [0.15, 0.2) is 0 Å². The lowest BCUT2D eigenvalue weighted by atomic mass is 9.98. The van der Waals surface area contributed by atoms with Crippen LogP contribution < -0.4 is 0 Å². The predicted octanol–water partition coefficient (Wildman–Crippen LogP) is 5.85. The van der Waals surface area contributed by atoms with Crippen LogP contribution in [0.25, 0.3) is 0 Å². The molecule has 1 N–H and O–H groups in total. The molecule has 1 aliphatic rings. The molecule has 1 heterocycles. The fraction of sp³-hybridized carbons (Fsp3) is 0.519. The van der Waals surface area contributed by atoms with Crippen LogP contribution in [0.1, 0.15) is 74.7 Å². The van der Waals surface area contributed by atoms with E-state index in [4.69, 9.17) is 9.84 Å². The highest BCUT2D eigenvalue weighted by Gasteiger charge is 2.24. The normalized spacial score (nSPS) is 16.3. The van der Waals surface area contributed by atoms with Gasteiger partial charge in [-0.2, -0.15) is 0 Å². The minimum absolute atomic E-state index is 0.0237. The largest absolute Gasteiger partial charge is 0.481 e. The molecule has 1 aliphatic heterocycles. The zero-order valence-electron chi connectivity index (χ0n) is 18.8. The van der Waals surface area contributed by atoms with Gasteiger partial charge in [0, 0.05) is 19.5 Å². The summed E-state index contributed by atoms with van der Waals surface area (Å²) in [4.78, 5) is 13.1. The number of carbonyl (C=O) groups is 1.